The molecule has 0 atom stereocenters. The number of carbonyl (C=O) groups is 4. The Hall–Kier alpha value is -6.72. The first-order valence-corrected chi connectivity index (χ1v) is 15.8. The minimum Gasteiger partial charge on any atom is -0.386 e. The second kappa shape index (κ2) is 12.1. The van der Waals surface area contributed by atoms with E-state index in [0.717, 1.165) is 21.5 Å². The molecule has 232 valence electrons. The van der Waals surface area contributed by atoms with Crippen LogP contribution < -0.4 is 0 Å². The molecule has 8 aromatic carbocycles. The summed E-state index contributed by atoms with van der Waals surface area (Å²) in [6.07, 6.45) is 0. The molecular weight excluding hydrogens is 608 g/mol. The topological polar surface area (TPSA) is 77.5 Å². The van der Waals surface area contributed by atoms with Crippen molar-refractivity contribution in [3.05, 3.63) is 191 Å². The Morgan fingerprint density at radius 3 is 0.980 bits per heavy atom. The molecular formula is C44H26O5. The summed E-state index contributed by atoms with van der Waals surface area (Å²) in [6.45, 7) is 0. The van der Waals surface area contributed by atoms with Gasteiger partial charge in [-0.25, -0.2) is 9.59 Å². The summed E-state index contributed by atoms with van der Waals surface area (Å²) in [5.41, 5.74) is 2.31. The van der Waals surface area contributed by atoms with Gasteiger partial charge in [-0.2, -0.15) is 0 Å². The maximum atomic E-state index is 13.9. The van der Waals surface area contributed by atoms with Crippen molar-refractivity contribution < 1.29 is 23.9 Å². The van der Waals surface area contributed by atoms with Crippen LogP contribution in [0, 0.1) is 0 Å². The molecule has 0 amide bonds. The Morgan fingerprint density at radius 2 is 0.571 bits per heavy atom. The number of esters is 2. The highest BCUT2D eigenvalue weighted by molar-refractivity contribution is 6.25. The normalized spacial score (nSPS) is 11.2. The van der Waals surface area contributed by atoms with Gasteiger partial charge < -0.3 is 4.74 Å². The minimum absolute atomic E-state index is 0.158. The van der Waals surface area contributed by atoms with E-state index >= 15 is 0 Å². The molecule has 0 aromatic heterocycles. The summed E-state index contributed by atoms with van der Waals surface area (Å²) in [5, 5.41) is 5.72. The largest absolute Gasteiger partial charge is 0.386 e. The Morgan fingerprint density at radius 1 is 0.286 bits per heavy atom. The zero-order valence-electron chi connectivity index (χ0n) is 26.1. The number of ether oxygens (including phenoxy) is 1. The molecule has 0 N–H and O–H groups in total. The van der Waals surface area contributed by atoms with Gasteiger partial charge in [-0.1, -0.05) is 133 Å². The molecule has 0 saturated carbocycles. The summed E-state index contributed by atoms with van der Waals surface area (Å²) in [4.78, 5) is 55.0. The Kier molecular flexibility index (Phi) is 7.35. The van der Waals surface area contributed by atoms with Crippen LogP contribution in [0.1, 0.15) is 52.6 Å². The van der Waals surface area contributed by atoms with E-state index in [1.54, 1.807) is 72.8 Å². The summed E-state index contributed by atoms with van der Waals surface area (Å²) in [5.74, 6) is -2.03. The van der Waals surface area contributed by atoms with Gasteiger partial charge in [0, 0.05) is 22.3 Å². The molecule has 5 nitrogen and oxygen atoms in total. The van der Waals surface area contributed by atoms with Crippen molar-refractivity contribution in [2.75, 3.05) is 0 Å². The zero-order chi connectivity index (χ0) is 33.5. The number of carbonyl (C=O) groups excluding carboxylic acids is 4. The van der Waals surface area contributed by atoms with Crippen LogP contribution in [0.4, 0.5) is 0 Å². The SMILES string of the molecule is O=C(OC(=O)c1ccc(C(=O)c2cccc3ccccc23)c2ccccc12)c1ccc(C(=O)c2cccc3ccccc23)c2ccccc12. The van der Waals surface area contributed by atoms with E-state index in [4.69, 9.17) is 4.74 Å². The Bertz CT molecular complexity index is 2470. The van der Waals surface area contributed by atoms with Gasteiger partial charge in [-0.3, -0.25) is 9.59 Å². The first-order chi connectivity index (χ1) is 24.0. The molecule has 5 heteroatoms. The van der Waals surface area contributed by atoms with Gasteiger partial charge in [-0.15, -0.1) is 0 Å². The number of rotatable bonds is 6. The third kappa shape index (κ3) is 5.14. The number of ketones is 2. The molecule has 0 bridgehead atoms. The van der Waals surface area contributed by atoms with E-state index < -0.39 is 11.9 Å². The fourth-order valence-corrected chi connectivity index (χ4v) is 6.68. The summed E-state index contributed by atoms with van der Waals surface area (Å²) in [7, 11) is 0. The van der Waals surface area contributed by atoms with Crippen LogP contribution in [-0.4, -0.2) is 23.5 Å². The second-order valence-electron chi connectivity index (χ2n) is 11.8. The highest BCUT2D eigenvalue weighted by atomic mass is 16.6. The van der Waals surface area contributed by atoms with E-state index in [1.165, 1.54) is 12.1 Å². The number of benzene rings is 8. The van der Waals surface area contributed by atoms with Crippen molar-refractivity contribution in [3.8, 4) is 0 Å². The summed E-state index contributed by atoms with van der Waals surface area (Å²) < 4.78 is 5.48. The van der Waals surface area contributed by atoms with Crippen molar-refractivity contribution >= 4 is 66.6 Å². The van der Waals surface area contributed by atoms with Crippen molar-refractivity contribution in [1.29, 1.82) is 0 Å². The van der Waals surface area contributed by atoms with E-state index in [9.17, 15) is 19.2 Å². The fourth-order valence-electron chi connectivity index (χ4n) is 6.68. The third-order valence-corrected chi connectivity index (χ3v) is 9.03. The highest BCUT2D eigenvalue weighted by Gasteiger charge is 2.24. The first kappa shape index (κ1) is 29.7. The van der Waals surface area contributed by atoms with Crippen LogP contribution in [-0.2, 0) is 4.74 Å². The van der Waals surface area contributed by atoms with Crippen molar-refractivity contribution in [3.63, 3.8) is 0 Å². The maximum absolute atomic E-state index is 13.9. The van der Waals surface area contributed by atoms with Gasteiger partial charge in [0.15, 0.2) is 11.6 Å². The second-order valence-corrected chi connectivity index (χ2v) is 11.8. The molecule has 0 aliphatic carbocycles. The van der Waals surface area contributed by atoms with Gasteiger partial charge in [0.2, 0.25) is 0 Å². The molecule has 49 heavy (non-hydrogen) atoms. The quantitative estimate of drug-likeness (QED) is 0.103. The van der Waals surface area contributed by atoms with Crippen molar-refractivity contribution in [1.82, 2.24) is 0 Å². The number of hydrogen-bond acceptors (Lipinski definition) is 5. The van der Waals surface area contributed by atoms with Crippen LogP contribution in [0.2, 0.25) is 0 Å². The Balaban J connectivity index is 1.13. The Labute approximate surface area is 281 Å². The van der Waals surface area contributed by atoms with Gasteiger partial charge in [0.05, 0.1) is 11.1 Å². The average Bonchev–Trinajstić information content (AvgIpc) is 3.16. The predicted octanol–water partition coefficient (Wildman–Crippen LogP) is 9.76. The lowest BCUT2D eigenvalue weighted by molar-refractivity contribution is 0.0400. The van der Waals surface area contributed by atoms with E-state index in [1.807, 2.05) is 72.8 Å². The summed E-state index contributed by atoms with van der Waals surface area (Å²) in [6, 6.07) is 47.1. The van der Waals surface area contributed by atoms with Crippen LogP contribution in [0.3, 0.4) is 0 Å². The third-order valence-electron chi connectivity index (χ3n) is 9.03. The molecule has 0 unspecified atom stereocenters. The van der Waals surface area contributed by atoms with Crippen LogP contribution >= 0.6 is 0 Å². The average molecular weight is 635 g/mol. The lowest BCUT2D eigenvalue weighted by atomic mass is 9.92. The van der Waals surface area contributed by atoms with Crippen molar-refractivity contribution in [2.45, 2.75) is 0 Å². The first-order valence-electron chi connectivity index (χ1n) is 15.8. The van der Waals surface area contributed by atoms with Gasteiger partial charge >= 0.3 is 11.9 Å². The molecule has 8 rings (SSSR count). The molecule has 0 heterocycles. The molecule has 0 aliphatic rings. The highest BCUT2D eigenvalue weighted by Crippen LogP contribution is 2.31. The number of fused-ring (bicyclic) bond motifs is 4. The van der Waals surface area contributed by atoms with Gasteiger partial charge in [-0.05, 0) is 67.4 Å². The minimum atomic E-state index is -0.842. The van der Waals surface area contributed by atoms with Crippen LogP contribution in [0.25, 0.3) is 43.1 Å². The lowest BCUT2D eigenvalue weighted by Crippen LogP contribution is -2.15. The molecule has 0 fully saturated rings. The van der Waals surface area contributed by atoms with E-state index in [2.05, 4.69) is 0 Å². The molecule has 0 saturated heterocycles. The van der Waals surface area contributed by atoms with Crippen molar-refractivity contribution in [2.24, 2.45) is 0 Å². The van der Waals surface area contributed by atoms with Crippen LogP contribution in [0.15, 0.2) is 158 Å². The van der Waals surface area contributed by atoms with Crippen LogP contribution in [0.5, 0.6) is 0 Å². The van der Waals surface area contributed by atoms with E-state index in [-0.39, 0.29) is 22.7 Å². The van der Waals surface area contributed by atoms with Gasteiger partial charge in [0.1, 0.15) is 0 Å². The maximum Gasteiger partial charge on any atom is 0.346 e. The molecule has 0 radical (unpaired) electrons. The standard InChI is InChI=1S/C44H26O5/c45-41(35-21-9-13-27-11-1-3-15-29(27)35)37-23-25-39(33-19-7-5-17-31(33)37)43(47)49-44(48)40-26-24-38(32-18-6-8-20-34(32)40)42(46)36-22-10-14-28-12-2-4-16-30(28)36/h1-26H. The predicted molar refractivity (Wildman–Crippen MR) is 192 cm³/mol. The monoisotopic (exact) mass is 634 g/mol. The zero-order valence-corrected chi connectivity index (χ0v) is 26.1. The van der Waals surface area contributed by atoms with Gasteiger partial charge in [0.25, 0.3) is 0 Å². The fraction of sp³-hybridized carbons (Fsp3) is 0. The molecule has 0 aliphatic heterocycles. The molecule has 8 aromatic rings. The number of hydrogen-bond donors (Lipinski definition) is 0. The lowest BCUT2D eigenvalue weighted by Gasteiger charge is -2.13. The smallest absolute Gasteiger partial charge is 0.346 e. The van der Waals surface area contributed by atoms with E-state index in [0.29, 0.717) is 43.8 Å². The molecule has 0 spiro atoms. The summed E-state index contributed by atoms with van der Waals surface area (Å²) >= 11 is 0.